The molecule has 0 aliphatic carbocycles. The van der Waals surface area contributed by atoms with E-state index in [4.69, 9.17) is 16.9 Å². The molecule has 0 radical (unpaired) electrons. The van der Waals surface area contributed by atoms with Crippen molar-refractivity contribution in [2.45, 2.75) is 6.54 Å². The normalized spacial score (nSPS) is 9.95. The molecule has 0 aliphatic heterocycles. The van der Waals surface area contributed by atoms with Gasteiger partial charge in [-0.2, -0.15) is 5.26 Å². The van der Waals surface area contributed by atoms with Gasteiger partial charge in [0.25, 0.3) is 0 Å². The molecule has 0 aliphatic rings. The number of nitriles is 1. The van der Waals surface area contributed by atoms with Crippen molar-refractivity contribution in [1.29, 1.82) is 5.26 Å². The van der Waals surface area contributed by atoms with Crippen LogP contribution in [0.15, 0.2) is 36.4 Å². The number of nitrogens with one attached hydrogen (secondary N) is 1. The van der Waals surface area contributed by atoms with Crippen LogP contribution >= 0.6 is 11.6 Å². The number of aromatic hydroxyl groups is 1. The largest absolute Gasteiger partial charge is 0.506 e. The molecule has 19 heavy (non-hydrogen) atoms. The predicted molar refractivity (Wildman–Crippen MR) is 71.6 cm³/mol. The lowest BCUT2D eigenvalue weighted by Crippen LogP contribution is -2.01. The van der Waals surface area contributed by atoms with E-state index >= 15 is 0 Å². The summed E-state index contributed by atoms with van der Waals surface area (Å²) in [6, 6.07) is 10.7. The molecule has 0 saturated heterocycles. The molecule has 2 aromatic rings. The zero-order valence-corrected chi connectivity index (χ0v) is 10.6. The van der Waals surface area contributed by atoms with Gasteiger partial charge in [0.1, 0.15) is 17.6 Å². The molecule has 3 nitrogen and oxygen atoms in total. The highest BCUT2D eigenvalue weighted by molar-refractivity contribution is 6.32. The SMILES string of the molecule is N#Cc1cc(F)ccc1NCc1ccc(O)c(Cl)c1. The second kappa shape index (κ2) is 5.59. The molecule has 2 aromatic carbocycles. The van der Waals surface area contributed by atoms with E-state index in [1.54, 1.807) is 12.1 Å². The Hall–Kier alpha value is -2.25. The lowest BCUT2D eigenvalue weighted by Gasteiger charge is -2.09. The van der Waals surface area contributed by atoms with Crippen LogP contribution in [0.3, 0.4) is 0 Å². The van der Waals surface area contributed by atoms with Gasteiger partial charge >= 0.3 is 0 Å². The summed E-state index contributed by atoms with van der Waals surface area (Å²) in [7, 11) is 0. The molecule has 0 heterocycles. The summed E-state index contributed by atoms with van der Waals surface area (Å²) in [6.07, 6.45) is 0. The number of rotatable bonds is 3. The Morgan fingerprint density at radius 2 is 2.05 bits per heavy atom. The minimum atomic E-state index is -0.449. The third kappa shape index (κ3) is 3.15. The fraction of sp³-hybridized carbons (Fsp3) is 0.0714. The van der Waals surface area contributed by atoms with Gasteiger partial charge in [0.2, 0.25) is 0 Å². The Kier molecular flexibility index (Phi) is 3.88. The fourth-order valence-corrected chi connectivity index (χ4v) is 1.82. The van der Waals surface area contributed by atoms with E-state index in [-0.39, 0.29) is 16.3 Å². The lowest BCUT2D eigenvalue weighted by atomic mass is 10.1. The summed E-state index contributed by atoms with van der Waals surface area (Å²) in [5.74, 6) is -0.431. The zero-order valence-electron chi connectivity index (χ0n) is 9.82. The third-order valence-electron chi connectivity index (χ3n) is 2.60. The van der Waals surface area contributed by atoms with Crippen LogP contribution in [0.1, 0.15) is 11.1 Å². The van der Waals surface area contributed by atoms with Crippen molar-refractivity contribution < 1.29 is 9.50 Å². The Morgan fingerprint density at radius 1 is 1.26 bits per heavy atom. The van der Waals surface area contributed by atoms with E-state index in [1.807, 2.05) is 6.07 Å². The van der Waals surface area contributed by atoms with E-state index < -0.39 is 5.82 Å². The molecule has 0 bridgehead atoms. The summed E-state index contributed by atoms with van der Waals surface area (Å²) in [5, 5.41) is 21.5. The second-order valence-electron chi connectivity index (χ2n) is 3.94. The van der Waals surface area contributed by atoms with E-state index in [0.29, 0.717) is 12.2 Å². The maximum absolute atomic E-state index is 13.0. The number of phenols is 1. The summed E-state index contributed by atoms with van der Waals surface area (Å²) in [6.45, 7) is 0.417. The molecule has 0 aromatic heterocycles. The molecule has 0 fully saturated rings. The number of anilines is 1. The standard InChI is InChI=1S/C14H10ClFN2O/c15-12-5-9(1-4-14(12)19)8-18-13-3-2-11(16)6-10(13)7-17/h1-6,18-19H,8H2. The Bertz CT molecular complexity index is 652. The van der Waals surface area contributed by atoms with Gasteiger partial charge in [0.05, 0.1) is 16.3 Å². The van der Waals surface area contributed by atoms with Gasteiger partial charge in [-0.05, 0) is 35.9 Å². The molecule has 0 unspecified atom stereocenters. The first-order valence-electron chi connectivity index (χ1n) is 5.51. The number of nitrogens with zero attached hydrogens (tertiary/aromatic N) is 1. The average Bonchev–Trinajstić information content (AvgIpc) is 2.41. The van der Waals surface area contributed by atoms with Crippen LogP contribution in [0.2, 0.25) is 5.02 Å². The average molecular weight is 277 g/mol. The molecule has 0 amide bonds. The molecule has 2 N–H and O–H groups in total. The van der Waals surface area contributed by atoms with Crippen LogP contribution in [-0.4, -0.2) is 5.11 Å². The smallest absolute Gasteiger partial charge is 0.134 e. The zero-order chi connectivity index (χ0) is 13.8. The molecule has 96 valence electrons. The van der Waals surface area contributed by atoms with Crippen molar-refractivity contribution in [2.24, 2.45) is 0 Å². The van der Waals surface area contributed by atoms with Gasteiger partial charge in [-0.1, -0.05) is 17.7 Å². The molecule has 2 rings (SSSR count). The van der Waals surface area contributed by atoms with Crippen LogP contribution in [0.5, 0.6) is 5.75 Å². The van der Waals surface area contributed by atoms with Gasteiger partial charge in [-0.3, -0.25) is 0 Å². The third-order valence-corrected chi connectivity index (χ3v) is 2.90. The van der Waals surface area contributed by atoms with Crippen molar-refractivity contribution in [3.8, 4) is 11.8 Å². The predicted octanol–water partition coefficient (Wildman–Crippen LogP) is 3.67. The van der Waals surface area contributed by atoms with Crippen molar-refractivity contribution in [3.05, 3.63) is 58.4 Å². The van der Waals surface area contributed by atoms with Gasteiger partial charge < -0.3 is 10.4 Å². The molecular weight excluding hydrogens is 267 g/mol. The van der Waals surface area contributed by atoms with Crippen molar-refractivity contribution in [1.82, 2.24) is 0 Å². The van der Waals surface area contributed by atoms with Crippen molar-refractivity contribution in [2.75, 3.05) is 5.32 Å². The quantitative estimate of drug-likeness (QED) is 0.899. The number of phenolic OH excluding ortho intramolecular Hbond substituents is 1. The molecule has 5 heteroatoms. The van der Waals surface area contributed by atoms with Crippen LogP contribution in [0, 0.1) is 17.1 Å². The number of hydrogen-bond donors (Lipinski definition) is 2. The van der Waals surface area contributed by atoms with E-state index in [0.717, 1.165) is 5.56 Å². The summed E-state index contributed by atoms with van der Waals surface area (Å²) < 4.78 is 13.0. The van der Waals surface area contributed by atoms with Crippen LogP contribution in [0.4, 0.5) is 10.1 Å². The summed E-state index contributed by atoms with van der Waals surface area (Å²) in [5.41, 5.74) is 1.63. The molecular formula is C14H10ClFN2O. The monoisotopic (exact) mass is 276 g/mol. The first kappa shape index (κ1) is 13.2. The van der Waals surface area contributed by atoms with Crippen LogP contribution in [-0.2, 0) is 6.54 Å². The van der Waals surface area contributed by atoms with E-state index in [9.17, 15) is 9.50 Å². The molecule has 0 saturated carbocycles. The summed E-state index contributed by atoms with van der Waals surface area (Å²) in [4.78, 5) is 0. The minimum Gasteiger partial charge on any atom is -0.506 e. The molecule has 0 spiro atoms. The number of hydrogen-bond acceptors (Lipinski definition) is 3. The van der Waals surface area contributed by atoms with E-state index in [1.165, 1.54) is 24.3 Å². The number of benzene rings is 2. The van der Waals surface area contributed by atoms with Crippen molar-refractivity contribution in [3.63, 3.8) is 0 Å². The highest BCUT2D eigenvalue weighted by Crippen LogP contribution is 2.24. The Labute approximate surface area is 114 Å². The first-order valence-corrected chi connectivity index (χ1v) is 5.89. The fourth-order valence-electron chi connectivity index (χ4n) is 1.62. The van der Waals surface area contributed by atoms with Gasteiger partial charge in [0, 0.05) is 6.54 Å². The van der Waals surface area contributed by atoms with Gasteiger partial charge in [-0.15, -0.1) is 0 Å². The highest BCUT2D eigenvalue weighted by Gasteiger charge is 2.04. The van der Waals surface area contributed by atoms with E-state index in [2.05, 4.69) is 5.32 Å². The maximum atomic E-state index is 13.0. The highest BCUT2D eigenvalue weighted by atomic mass is 35.5. The Morgan fingerprint density at radius 3 is 2.74 bits per heavy atom. The lowest BCUT2D eigenvalue weighted by molar-refractivity contribution is 0.475. The van der Waals surface area contributed by atoms with Crippen molar-refractivity contribution >= 4 is 17.3 Å². The maximum Gasteiger partial charge on any atom is 0.134 e. The number of halogens is 2. The molecule has 0 atom stereocenters. The summed E-state index contributed by atoms with van der Waals surface area (Å²) >= 11 is 5.80. The van der Waals surface area contributed by atoms with Gasteiger partial charge in [-0.25, -0.2) is 4.39 Å². The topological polar surface area (TPSA) is 56.0 Å². The second-order valence-corrected chi connectivity index (χ2v) is 4.35. The van der Waals surface area contributed by atoms with Crippen LogP contribution < -0.4 is 5.32 Å². The minimum absolute atomic E-state index is 0.0184. The first-order chi connectivity index (χ1) is 9.10. The van der Waals surface area contributed by atoms with Crippen LogP contribution in [0.25, 0.3) is 0 Å². The Balaban J connectivity index is 2.14. The van der Waals surface area contributed by atoms with Gasteiger partial charge in [0.15, 0.2) is 0 Å².